The maximum atomic E-state index is 12.8. The van der Waals surface area contributed by atoms with E-state index in [1.54, 1.807) is 40.8 Å². The second kappa shape index (κ2) is 6.98. The van der Waals surface area contributed by atoms with Crippen molar-refractivity contribution in [2.45, 2.75) is 18.7 Å². The van der Waals surface area contributed by atoms with E-state index >= 15 is 0 Å². The highest BCUT2D eigenvalue weighted by atomic mass is 16.3. The number of aryl methyl sites for hydroxylation is 1. The van der Waals surface area contributed by atoms with Crippen molar-refractivity contribution in [3.63, 3.8) is 0 Å². The molecular formula is C19H22N6O4. The minimum absolute atomic E-state index is 0.139. The Labute approximate surface area is 165 Å². The number of hydrogen-bond donors (Lipinski definition) is 2. The van der Waals surface area contributed by atoms with Gasteiger partial charge in [0.15, 0.2) is 5.52 Å². The van der Waals surface area contributed by atoms with Gasteiger partial charge >= 0.3 is 5.69 Å². The molecule has 10 heteroatoms. The third-order valence-electron chi connectivity index (χ3n) is 5.51. The topological polar surface area (TPSA) is 128 Å². The van der Waals surface area contributed by atoms with E-state index in [0.717, 1.165) is 10.1 Å². The molecule has 0 bridgehead atoms. The molecule has 1 aromatic carbocycles. The summed E-state index contributed by atoms with van der Waals surface area (Å²) in [4.78, 5) is 43.2. The number of rotatable bonds is 3. The fraction of sp³-hybridized carbons (Fsp3) is 0.368. The number of aliphatic hydroxyl groups is 1. The average molecular weight is 398 g/mol. The summed E-state index contributed by atoms with van der Waals surface area (Å²) >= 11 is 0. The van der Waals surface area contributed by atoms with Crippen molar-refractivity contribution < 1.29 is 9.90 Å². The lowest BCUT2D eigenvalue weighted by Crippen LogP contribution is -2.38. The summed E-state index contributed by atoms with van der Waals surface area (Å²) in [5, 5.41) is 10.6. The Morgan fingerprint density at radius 2 is 1.86 bits per heavy atom. The van der Waals surface area contributed by atoms with Crippen molar-refractivity contribution in [1.29, 1.82) is 0 Å². The Hall–Kier alpha value is -3.24. The highest BCUT2D eigenvalue weighted by Gasteiger charge is 2.37. The lowest BCUT2D eigenvalue weighted by Gasteiger charge is -2.18. The van der Waals surface area contributed by atoms with E-state index in [1.165, 1.54) is 17.9 Å². The first-order valence-electron chi connectivity index (χ1n) is 9.22. The van der Waals surface area contributed by atoms with Crippen LogP contribution in [-0.4, -0.2) is 53.8 Å². The second-order valence-corrected chi connectivity index (χ2v) is 7.28. The standard InChI is InChI=1S/C19H22N6O4/c1-22-16-15(18(28)23(2)19(22)29)21-10-25(16)13-8-24(9-14(13)26)17(27)12-5-3-11(7-20)4-6-12/h3-6,10,13-14,26H,7-9,20H2,1-2H3/t13-,14-/m1/s1. The van der Waals surface area contributed by atoms with Gasteiger partial charge in [-0.2, -0.15) is 0 Å². The third kappa shape index (κ3) is 2.97. The molecule has 10 nitrogen and oxygen atoms in total. The van der Waals surface area contributed by atoms with Gasteiger partial charge in [0.25, 0.3) is 11.5 Å². The molecule has 4 rings (SSSR count). The SMILES string of the molecule is Cn1c(=O)c2ncn([C@@H]3CN(C(=O)c4ccc(CN)cc4)C[C@H]3O)c2n(C)c1=O. The molecule has 0 spiro atoms. The van der Waals surface area contributed by atoms with Gasteiger partial charge in [0.1, 0.15) is 5.65 Å². The zero-order valence-corrected chi connectivity index (χ0v) is 16.1. The maximum Gasteiger partial charge on any atom is 0.332 e. The van der Waals surface area contributed by atoms with Crippen LogP contribution in [0.25, 0.3) is 11.2 Å². The average Bonchev–Trinajstić information content (AvgIpc) is 3.33. The van der Waals surface area contributed by atoms with Gasteiger partial charge in [0.2, 0.25) is 0 Å². The first kappa shape index (κ1) is 19.1. The predicted molar refractivity (Wildman–Crippen MR) is 105 cm³/mol. The first-order valence-corrected chi connectivity index (χ1v) is 9.22. The predicted octanol–water partition coefficient (Wildman–Crippen LogP) is -1.05. The number of nitrogens with zero attached hydrogens (tertiary/aromatic N) is 5. The molecule has 1 fully saturated rings. The second-order valence-electron chi connectivity index (χ2n) is 7.28. The number of likely N-dealkylation sites (tertiary alicyclic amines) is 1. The number of β-amino-alcohol motifs (C(OH)–C–C–N with tert-alkyl or cyclic N) is 1. The molecule has 1 aliphatic rings. The summed E-state index contributed by atoms with van der Waals surface area (Å²) in [5.74, 6) is -0.204. The number of benzene rings is 1. The lowest BCUT2D eigenvalue weighted by molar-refractivity contribution is 0.0764. The molecule has 2 aromatic heterocycles. The minimum atomic E-state index is -0.862. The number of aliphatic hydroxyl groups excluding tert-OH is 1. The lowest BCUT2D eigenvalue weighted by atomic mass is 10.1. The quantitative estimate of drug-likeness (QED) is 0.579. The smallest absolute Gasteiger partial charge is 0.332 e. The van der Waals surface area contributed by atoms with E-state index in [0.29, 0.717) is 17.8 Å². The molecule has 2 atom stereocenters. The van der Waals surface area contributed by atoms with Crippen molar-refractivity contribution in [1.82, 2.24) is 23.6 Å². The zero-order chi connectivity index (χ0) is 20.9. The van der Waals surface area contributed by atoms with Crippen LogP contribution in [0.1, 0.15) is 22.0 Å². The monoisotopic (exact) mass is 398 g/mol. The van der Waals surface area contributed by atoms with E-state index in [2.05, 4.69) is 4.98 Å². The van der Waals surface area contributed by atoms with Crippen LogP contribution in [0, 0.1) is 0 Å². The van der Waals surface area contributed by atoms with E-state index in [9.17, 15) is 19.5 Å². The van der Waals surface area contributed by atoms with Crippen molar-refractivity contribution in [3.8, 4) is 0 Å². The van der Waals surface area contributed by atoms with Crippen molar-refractivity contribution in [2.75, 3.05) is 13.1 Å². The summed E-state index contributed by atoms with van der Waals surface area (Å²) in [6, 6.07) is 6.50. The van der Waals surface area contributed by atoms with E-state index in [1.807, 2.05) is 0 Å². The van der Waals surface area contributed by atoms with Crippen molar-refractivity contribution in [2.24, 2.45) is 19.8 Å². The van der Waals surface area contributed by atoms with Gasteiger partial charge in [-0.25, -0.2) is 9.78 Å². The van der Waals surface area contributed by atoms with Crippen LogP contribution in [0.5, 0.6) is 0 Å². The van der Waals surface area contributed by atoms with Crippen molar-refractivity contribution >= 4 is 17.1 Å². The van der Waals surface area contributed by atoms with Gasteiger partial charge in [-0.3, -0.25) is 18.7 Å². The van der Waals surface area contributed by atoms with Gasteiger partial charge in [-0.15, -0.1) is 0 Å². The highest BCUT2D eigenvalue weighted by molar-refractivity contribution is 5.94. The van der Waals surface area contributed by atoms with Crippen LogP contribution in [0.4, 0.5) is 0 Å². The Balaban J connectivity index is 1.68. The van der Waals surface area contributed by atoms with Crippen LogP contribution in [-0.2, 0) is 20.6 Å². The molecule has 1 amide bonds. The van der Waals surface area contributed by atoms with Gasteiger partial charge in [-0.05, 0) is 17.7 Å². The van der Waals surface area contributed by atoms with Gasteiger partial charge < -0.3 is 20.3 Å². The number of carbonyl (C=O) groups is 1. The van der Waals surface area contributed by atoms with Crippen LogP contribution in [0.15, 0.2) is 40.2 Å². The normalized spacial score (nSPS) is 19.2. The summed E-state index contributed by atoms with van der Waals surface area (Å²) in [6.45, 7) is 0.763. The Bertz CT molecular complexity index is 1210. The Kier molecular flexibility index (Phi) is 4.59. The molecule has 1 saturated heterocycles. The van der Waals surface area contributed by atoms with Gasteiger partial charge in [-0.1, -0.05) is 12.1 Å². The van der Waals surface area contributed by atoms with Crippen LogP contribution >= 0.6 is 0 Å². The number of hydrogen-bond acceptors (Lipinski definition) is 6. The third-order valence-corrected chi connectivity index (χ3v) is 5.51. The number of aromatic nitrogens is 4. The Morgan fingerprint density at radius 3 is 2.52 bits per heavy atom. The summed E-state index contributed by atoms with van der Waals surface area (Å²) in [5.41, 5.74) is 6.51. The van der Waals surface area contributed by atoms with E-state index in [4.69, 9.17) is 5.73 Å². The molecule has 3 N–H and O–H groups in total. The van der Waals surface area contributed by atoms with Gasteiger partial charge in [0.05, 0.1) is 18.5 Å². The summed E-state index contributed by atoms with van der Waals surface area (Å²) in [6.07, 6.45) is 0.572. The molecule has 3 aromatic rings. The number of fused-ring (bicyclic) bond motifs is 1. The minimum Gasteiger partial charge on any atom is -0.389 e. The fourth-order valence-corrected chi connectivity index (χ4v) is 3.82. The van der Waals surface area contributed by atoms with Gasteiger partial charge in [0, 0.05) is 39.3 Å². The van der Waals surface area contributed by atoms with E-state index < -0.39 is 23.4 Å². The maximum absolute atomic E-state index is 12.8. The molecule has 0 unspecified atom stereocenters. The molecule has 29 heavy (non-hydrogen) atoms. The van der Waals surface area contributed by atoms with Crippen molar-refractivity contribution in [3.05, 3.63) is 62.6 Å². The largest absolute Gasteiger partial charge is 0.389 e. The molecule has 0 aliphatic carbocycles. The fourth-order valence-electron chi connectivity index (χ4n) is 3.82. The summed E-state index contributed by atoms with van der Waals surface area (Å²) in [7, 11) is 2.94. The van der Waals surface area contributed by atoms with Crippen LogP contribution in [0.2, 0.25) is 0 Å². The molecule has 3 heterocycles. The molecule has 152 valence electrons. The van der Waals surface area contributed by atoms with E-state index in [-0.39, 0.29) is 24.5 Å². The number of imidazole rings is 1. The molecule has 0 radical (unpaired) electrons. The first-order chi connectivity index (χ1) is 13.8. The molecular weight excluding hydrogens is 376 g/mol. The highest BCUT2D eigenvalue weighted by Crippen LogP contribution is 2.26. The van der Waals surface area contributed by atoms with Crippen LogP contribution < -0.4 is 17.0 Å². The van der Waals surface area contributed by atoms with Crippen LogP contribution in [0.3, 0.4) is 0 Å². The number of amides is 1. The Morgan fingerprint density at radius 1 is 1.17 bits per heavy atom. The zero-order valence-electron chi connectivity index (χ0n) is 16.1. The number of carbonyl (C=O) groups excluding carboxylic acids is 1. The summed E-state index contributed by atoms with van der Waals surface area (Å²) < 4.78 is 3.92. The number of nitrogens with two attached hydrogens (primary N) is 1. The molecule has 1 aliphatic heterocycles. The molecule has 0 saturated carbocycles.